The Kier molecular flexibility index (Phi) is 6.56. The van der Waals surface area contributed by atoms with E-state index in [4.69, 9.17) is 0 Å². The molecule has 0 fully saturated rings. The molecule has 22 heavy (non-hydrogen) atoms. The number of hydrogen-bond donors (Lipinski definition) is 0. The first-order chi connectivity index (χ1) is 9.65. The van der Waals surface area contributed by atoms with Crippen molar-refractivity contribution in [2.75, 3.05) is 0 Å². The van der Waals surface area contributed by atoms with Gasteiger partial charge in [-0.2, -0.15) is 0 Å². The summed E-state index contributed by atoms with van der Waals surface area (Å²) in [6.45, 7) is 5.59. The Balaban J connectivity index is 0.000000397. The Labute approximate surface area is 127 Å². The van der Waals surface area contributed by atoms with Gasteiger partial charge in [0.1, 0.15) is 17.5 Å². The quantitative estimate of drug-likeness (QED) is 0.632. The van der Waals surface area contributed by atoms with Gasteiger partial charge in [0, 0.05) is 21.1 Å². The fourth-order valence-corrected chi connectivity index (χ4v) is 1.70. The molecule has 0 bridgehead atoms. The summed E-state index contributed by atoms with van der Waals surface area (Å²) in [7, 11) is 3.97. The van der Waals surface area contributed by atoms with Crippen LogP contribution in [0, 0.1) is 20.8 Å². The van der Waals surface area contributed by atoms with Gasteiger partial charge in [-0.1, -0.05) is 7.43 Å². The van der Waals surface area contributed by atoms with Crippen LogP contribution in [0.25, 0.3) is 0 Å². The van der Waals surface area contributed by atoms with Crippen molar-refractivity contribution in [1.82, 2.24) is 28.7 Å². The predicted octanol–water partition coefficient (Wildman–Crippen LogP) is -0.784. The van der Waals surface area contributed by atoms with Crippen LogP contribution in [-0.4, -0.2) is 28.7 Å². The Morgan fingerprint density at radius 3 is 0.955 bits per heavy atom. The number of nitrogens with zero attached hydrogens (tertiary/aromatic N) is 6. The van der Waals surface area contributed by atoms with Gasteiger partial charge in [0.15, 0.2) is 0 Å². The van der Waals surface area contributed by atoms with Crippen LogP contribution < -0.4 is 17.1 Å². The van der Waals surface area contributed by atoms with E-state index in [1.807, 2.05) is 20.8 Å². The van der Waals surface area contributed by atoms with E-state index in [0.717, 1.165) is 31.2 Å². The third-order valence-corrected chi connectivity index (χ3v) is 2.69. The van der Waals surface area contributed by atoms with E-state index in [2.05, 4.69) is 15.0 Å². The third-order valence-electron chi connectivity index (χ3n) is 2.69. The lowest BCUT2D eigenvalue weighted by molar-refractivity contribution is 0.551. The van der Waals surface area contributed by atoms with Gasteiger partial charge in [-0.25, -0.2) is 43.0 Å². The van der Waals surface area contributed by atoms with Gasteiger partial charge in [-0.15, -0.1) is 0 Å². The van der Waals surface area contributed by atoms with Crippen LogP contribution in [0.15, 0.2) is 14.4 Å². The Hall–Kier alpha value is -2.58. The standard InChI is InChI=1S/C6H9N3O3.C6H9N3.CH4/c1-7-4(10)8(2)6(12)9(3)5(7)11;1-4-7-5(2)9-6(3)8-4;/h1-3H3;1-3H3;1H4. The molecule has 122 valence electrons. The lowest BCUT2D eigenvalue weighted by Gasteiger charge is -2.02. The minimum absolute atomic E-state index is 0. The molecule has 0 aromatic carbocycles. The zero-order valence-corrected chi connectivity index (χ0v) is 12.9. The van der Waals surface area contributed by atoms with Crippen molar-refractivity contribution in [2.45, 2.75) is 28.2 Å². The molecule has 2 aromatic heterocycles. The minimum atomic E-state index is -0.608. The molecule has 9 nitrogen and oxygen atoms in total. The average Bonchev–Trinajstić information content (AvgIpc) is 2.40. The molecule has 9 heteroatoms. The van der Waals surface area contributed by atoms with E-state index in [1.165, 1.54) is 21.1 Å². The van der Waals surface area contributed by atoms with Gasteiger partial charge in [0.05, 0.1) is 0 Å². The maximum absolute atomic E-state index is 11.1. The van der Waals surface area contributed by atoms with Crippen molar-refractivity contribution in [2.24, 2.45) is 21.1 Å². The smallest absolute Gasteiger partial charge is 0.248 e. The normalized spacial score (nSPS) is 9.55. The van der Waals surface area contributed by atoms with Crippen LogP contribution in [-0.2, 0) is 21.1 Å². The summed E-state index contributed by atoms with van der Waals surface area (Å²) in [5.41, 5.74) is -1.82. The first-order valence-electron chi connectivity index (χ1n) is 6.14. The Bertz CT molecular complexity index is 679. The van der Waals surface area contributed by atoms with Gasteiger partial charge in [0.25, 0.3) is 0 Å². The van der Waals surface area contributed by atoms with Gasteiger partial charge >= 0.3 is 17.1 Å². The number of aromatic nitrogens is 6. The molecule has 2 heterocycles. The number of aryl methyl sites for hydroxylation is 3. The van der Waals surface area contributed by atoms with Crippen LogP contribution in [0.1, 0.15) is 24.9 Å². The highest BCUT2D eigenvalue weighted by molar-refractivity contribution is 4.91. The van der Waals surface area contributed by atoms with Gasteiger partial charge < -0.3 is 0 Å². The maximum Gasteiger partial charge on any atom is 0.335 e. The fraction of sp³-hybridized carbons (Fsp3) is 0.538. The molecule has 0 radical (unpaired) electrons. The van der Waals surface area contributed by atoms with Crippen molar-refractivity contribution in [1.29, 1.82) is 0 Å². The van der Waals surface area contributed by atoms with Crippen LogP contribution in [0.5, 0.6) is 0 Å². The first-order valence-corrected chi connectivity index (χ1v) is 6.14. The highest BCUT2D eigenvalue weighted by Crippen LogP contribution is 1.90. The van der Waals surface area contributed by atoms with Crippen molar-refractivity contribution in [3.63, 3.8) is 0 Å². The molecule has 0 atom stereocenters. The van der Waals surface area contributed by atoms with E-state index >= 15 is 0 Å². The lowest BCUT2D eigenvalue weighted by Crippen LogP contribution is -2.51. The summed E-state index contributed by atoms with van der Waals surface area (Å²) in [4.78, 5) is 45.3. The molecule has 2 rings (SSSR count). The molecule has 0 spiro atoms. The minimum Gasteiger partial charge on any atom is -0.248 e. The molecule has 0 unspecified atom stereocenters. The lowest BCUT2D eigenvalue weighted by atomic mass is 10.6. The van der Waals surface area contributed by atoms with Gasteiger partial charge in [-0.05, 0) is 20.8 Å². The summed E-state index contributed by atoms with van der Waals surface area (Å²) in [6.07, 6.45) is 0. The highest BCUT2D eigenvalue weighted by atomic mass is 16.2. The summed E-state index contributed by atoms with van der Waals surface area (Å²) in [5.74, 6) is 2.38. The van der Waals surface area contributed by atoms with Gasteiger partial charge in [-0.3, -0.25) is 0 Å². The van der Waals surface area contributed by atoms with Crippen LogP contribution in [0.3, 0.4) is 0 Å². The summed E-state index contributed by atoms with van der Waals surface area (Å²) in [5, 5.41) is 0. The topological polar surface area (TPSA) is 105 Å². The molecule has 0 amide bonds. The van der Waals surface area contributed by atoms with Crippen molar-refractivity contribution in [3.8, 4) is 0 Å². The largest absolute Gasteiger partial charge is 0.335 e. The van der Waals surface area contributed by atoms with E-state index in [1.54, 1.807) is 0 Å². The first kappa shape index (κ1) is 19.4. The summed E-state index contributed by atoms with van der Waals surface area (Å²) >= 11 is 0. The predicted molar refractivity (Wildman–Crippen MR) is 82.9 cm³/mol. The molecule has 0 saturated heterocycles. The Morgan fingerprint density at radius 2 is 0.773 bits per heavy atom. The number of hydrogen-bond acceptors (Lipinski definition) is 6. The third kappa shape index (κ3) is 4.21. The van der Waals surface area contributed by atoms with Crippen LogP contribution in [0.4, 0.5) is 0 Å². The molecule has 0 aliphatic heterocycles. The second-order valence-electron chi connectivity index (χ2n) is 4.50. The fourth-order valence-electron chi connectivity index (χ4n) is 1.70. The molecule has 0 saturated carbocycles. The number of rotatable bonds is 0. The summed E-state index contributed by atoms with van der Waals surface area (Å²) in [6, 6.07) is 0. The van der Waals surface area contributed by atoms with Crippen molar-refractivity contribution >= 4 is 0 Å². The molecular formula is C13H22N6O3. The van der Waals surface area contributed by atoms with Crippen LogP contribution in [0.2, 0.25) is 0 Å². The second kappa shape index (κ2) is 7.43. The summed E-state index contributed by atoms with van der Waals surface area (Å²) < 4.78 is 2.63. The van der Waals surface area contributed by atoms with E-state index in [9.17, 15) is 14.4 Å². The average molecular weight is 310 g/mol. The van der Waals surface area contributed by atoms with Crippen molar-refractivity contribution < 1.29 is 0 Å². The molecule has 2 aromatic rings. The Morgan fingerprint density at radius 1 is 0.591 bits per heavy atom. The second-order valence-corrected chi connectivity index (χ2v) is 4.50. The molecule has 0 N–H and O–H groups in total. The zero-order valence-electron chi connectivity index (χ0n) is 12.9. The van der Waals surface area contributed by atoms with Crippen molar-refractivity contribution in [3.05, 3.63) is 48.9 Å². The molecule has 0 aliphatic carbocycles. The maximum atomic E-state index is 11.1. The van der Waals surface area contributed by atoms with Crippen LogP contribution >= 0.6 is 0 Å². The van der Waals surface area contributed by atoms with Gasteiger partial charge in [0.2, 0.25) is 0 Å². The highest BCUT2D eigenvalue weighted by Gasteiger charge is 2.05. The van der Waals surface area contributed by atoms with E-state index in [-0.39, 0.29) is 7.43 Å². The molecular weight excluding hydrogens is 288 g/mol. The SMILES string of the molecule is C.Cc1nc(C)nc(C)n1.Cn1c(=O)n(C)c(=O)n(C)c1=O. The monoisotopic (exact) mass is 310 g/mol. The molecule has 0 aliphatic rings. The van der Waals surface area contributed by atoms with E-state index < -0.39 is 17.1 Å². The zero-order chi connectivity index (χ0) is 16.3. The van der Waals surface area contributed by atoms with E-state index in [0.29, 0.717) is 0 Å².